The van der Waals surface area contributed by atoms with Crippen LogP contribution in [0.4, 0.5) is 11.6 Å². The Kier molecular flexibility index (Phi) is 8.93. The van der Waals surface area contributed by atoms with E-state index in [9.17, 15) is 4.79 Å². The Morgan fingerprint density at radius 2 is 1.90 bits per heavy atom. The van der Waals surface area contributed by atoms with E-state index in [-0.39, 0.29) is 5.91 Å². The largest absolute Gasteiger partial charge is 0.493 e. The number of hydrogen-bond acceptors (Lipinski definition) is 7. The summed E-state index contributed by atoms with van der Waals surface area (Å²) in [5.74, 6) is 2.31. The molecule has 3 aromatic carbocycles. The maximum Gasteiger partial charge on any atom is 0.255 e. The van der Waals surface area contributed by atoms with Crippen molar-refractivity contribution in [3.8, 4) is 11.5 Å². The normalized spacial score (nSPS) is 14.3. The summed E-state index contributed by atoms with van der Waals surface area (Å²) in [6.07, 6.45) is 0. The molecule has 218 valence electrons. The molecular formula is C32H34BrN5O3S. The summed E-state index contributed by atoms with van der Waals surface area (Å²) in [4.78, 5) is 18.7. The zero-order valence-electron chi connectivity index (χ0n) is 24.5. The summed E-state index contributed by atoms with van der Waals surface area (Å²) < 4.78 is 14.5. The number of carbonyl (C=O) groups excluding carboxylic acids is 1. The minimum Gasteiger partial charge on any atom is -0.493 e. The van der Waals surface area contributed by atoms with Crippen molar-refractivity contribution in [2.24, 2.45) is 0 Å². The molecule has 0 aliphatic carbocycles. The molecule has 0 bridgehead atoms. The van der Waals surface area contributed by atoms with Crippen LogP contribution in [-0.4, -0.2) is 33.5 Å². The Hall–Kier alpha value is -3.76. The molecule has 1 aliphatic heterocycles. The lowest BCUT2D eigenvalue weighted by Crippen LogP contribution is -2.31. The number of halogens is 1. The minimum absolute atomic E-state index is 0.223. The average molecular weight is 649 g/mol. The number of carbonyl (C=O) groups is 1. The van der Waals surface area contributed by atoms with Gasteiger partial charge in [0.25, 0.3) is 5.91 Å². The molecule has 5 rings (SSSR count). The van der Waals surface area contributed by atoms with Crippen LogP contribution in [0.25, 0.3) is 0 Å². The third kappa shape index (κ3) is 6.05. The Balaban J connectivity index is 1.56. The summed E-state index contributed by atoms with van der Waals surface area (Å²) >= 11 is 5.27. The number of anilines is 2. The van der Waals surface area contributed by atoms with E-state index < -0.39 is 6.04 Å². The monoisotopic (exact) mass is 647 g/mol. The topological polar surface area (TPSA) is 90.3 Å². The predicted molar refractivity (Wildman–Crippen MR) is 172 cm³/mol. The van der Waals surface area contributed by atoms with Gasteiger partial charge in [0.15, 0.2) is 11.5 Å². The van der Waals surface area contributed by atoms with Crippen LogP contribution in [0, 0.1) is 20.8 Å². The number of rotatable bonds is 9. The number of amides is 1. The lowest BCUT2D eigenvalue weighted by molar-refractivity contribution is -0.113. The van der Waals surface area contributed by atoms with Gasteiger partial charge in [0, 0.05) is 11.4 Å². The fourth-order valence-corrected chi connectivity index (χ4v) is 6.12. The van der Waals surface area contributed by atoms with Gasteiger partial charge < -0.3 is 20.1 Å². The van der Waals surface area contributed by atoms with E-state index in [2.05, 4.69) is 52.5 Å². The molecule has 0 radical (unpaired) electrons. The van der Waals surface area contributed by atoms with E-state index in [1.807, 2.05) is 63.2 Å². The molecule has 1 atom stereocenters. The number of thioether (sulfide) groups is 1. The van der Waals surface area contributed by atoms with Gasteiger partial charge in [-0.05, 0) is 89.8 Å². The van der Waals surface area contributed by atoms with Crippen LogP contribution in [0.5, 0.6) is 11.5 Å². The first-order valence-corrected chi connectivity index (χ1v) is 15.5. The Bertz CT molecular complexity index is 1680. The smallest absolute Gasteiger partial charge is 0.255 e. The quantitative estimate of drug-likeness (QED) is 0.181. The molecule has 0 saturated heterocycles. The Morgan fingerprint density at radius 3 is 2.64 bits per heavy atom. The van der Waals surface area contributed by atoms with Crippen molar-refractivity contribution >= 4 is 45.2 Å². The van der Waals surface area contributed by atoms with E-state index in [1.165, 1.54) is 5.56 Å². The number of methoxy groups -OCH3 is 1. The number of hydrogen-bond donors (Lipinski definition) is 2. The molecule has 0 saturated carbocycles. The molecule has 2 N–H and O–H groups in total. The van der Waals surface area contributed by atoms with E-state index >= 15 is 0 Å². The van der Waals surface area contributed by atoms with Crippen LogP contribution in [0.2, 0.25) is 0 Å². The van der Waals surface area contributed by atoms with Crippen LogP contribution in [0.3, 0.4) is 0 Å². The number of nitrogens with zero attached hydrogens (tertiary/aromatic N) is 3. The van der Waals surface area contributed by atoms with Crippen molar-refractivity contribution in [3.05, 3.63) is 98.2 Å². The predicted octanol–water partition coefficient (Wildman–Crippen LogP) is 7.59. The van der Waals surface area contributed by atoms with Gasteiger partial charge in [0.2, 0.25) is 11.1 Å². The van der Waals surface area contributed by atoms with E-state index in [1.54, 1.807) is 23.6 Å². The lowest BCUT2D eigenvalue weighted by Gasteiger charge is -2.29. The zero-order valence-corrected chi connectivity index (χ0v) is 26.9. The highest BCUT2D eigenvalue weighted by atomic mass is 79.9. The van der Waals surface area contributed by atoms with Gasteiger partial charge in [0.05, 0.1) is 17.2 Å². The maximum atomic E-state index is 14.0. The molecule has 4 aromatic rings. The summed E-state index contributed by atoms with van der Waals surface area (Å²) in [5.41, 5.74) is 7.15. The fourth-order valence-electron chi connectivity index (χ4n) is 5.00. The van der Waals surface area contributed by atoms with Crippen molar-refractivity contribution in [1.29, 1.82) is 0 Å². The van der Waals surface area contributed by atoms with Crippen LogP contribution in [0.1, 0.15) is 47.7 Å². The number of ether oxygens (including phenoxy) is 2. The molecule has 1 aliphatic rings. The zero-order chi connectivity index (χ0) is 30.0. The van der Waals surface area contributed by atoms with Gasteiger partial charge >= 0.3 is 0 Å². The van der Waals surface area contributed by atoms with E-state index in [0.29, 0.717) is 45.0 Å². The van der Waals surface area contributed by atoms with Gasteiger partial charge in [0.1, 0.15) is 12.6 Å². The molecule has 42 heavy (non-hydrogen) atoms. The van der Waals surface area contributed by atoms with Crippen LogP contribution in [0.15, 0.2) is 75.5 Å². The first kappa shape index (κ1) is 29.7. The molecule has 0 fully saturated rings. The number of nitrogens with one attached hydrogen (secondary N) is 2. The number of allylic oxidation sites excluding steroid dienone is 1. The highest BCUT2D eigenvalue weighted by molar-refractivity contribution is 9.10. The summed E-state index contributed by atoms with van der Waals surface area (Å²) in [6.45, 7) is 10.4. The molecular weight excluding hydrogens is 614 g/mol. The van der Waals surface area contributed by atoms with Gasteiger partial charge in [-0.15, -0.1) is 5.10 Å². The highest BCUT2D eigenvalue weighted by Gasteiger charge is 2.35. The second kappa shape index (κ2) is 12.6. The van der Waals surface area contributed by atoms with Gasteiger partial charge in [-0.2, -0.15) is 4.98 Å². The lowest BCUT2D eigenvalue weighted by atomic mass is 9.94. The second-order valence-electron chi connectivity index (χ2n) is 10.2. The van der Waals surface area contributed by atoms with Gasteiger partial charge in [-0.1, -0.05) is 60.6 Å². The third-order valence-corrected chi connectivity index (χ3v) is 8.55. The molecule has 1 unspecified atom stereocenters. The van der Waals surface area contributed by atoms with Crippen molar-refractivity contribution in [1.82, 2.24) is 14.8 Å². The molecule has 10 heteroatoms. The van der Waals surface area contributed by atoms with Crippen molar-refractivity contribution in [2.45, 2.75) is 52.4 Å². The second-order valence-corrected chi connectivity index (χ2v) is 12.3. The number of aryl methyl sites for hydroxylation is 2. The van der Waals surface area contributed by atoms with E-state index in [4.69, 9.17) is 19.6 Å². The summed E-state index contributed by atoms with van der Waals surface area (Å²) in [5, 5.41) is 11.9. The van der Waals surface area contributed by atoms with E-state index in [0.717, 1.165) is 33.7 Å². The number of fused-ring (bicyclic) bond motifs is 1. The minimum atomic E-state index is -0.568. The summed E-state index contributed by atoms with van der Waals surface area (Å²) in [6, 6.07) is 17.4. The molecule has 2 heterocycles. The molecule has 8 nitrogen and oxygen atoms in total. The van der Waals surface area contributed by atoms with Crippen LogP contribution >= 0.6 is 27.7 Å². The van der Waals surface area contributed by atoms with Crippen molar-refractivity contribution in [2.75, 3.05) is 23.5 Å². The molecule has 1 amide bonds. The Labute approximate surface area is 259 Å². The van der Waals surface area contributed by atoms with Crippen molar-refractivity contribution < 1.29 is 14.3 Å². The maximum absolute atomic E-state index is 14.0. The van der Waals surface area contributed by atoms with Crippen LogP contribution in [-0.2, 0) is 11.4 Å². The first-order chi connectivity index (χ1) is 20.2. The highest BCUT2D eigenvalue weighted by Crippen LogP contribution is 2.43. The third-order valence-electron chi connectivity index (χ3n) is 7.24. The molecule has 0 spiro atoms. The van der Waals surface area contributed by atoms with Gasteiger partial charge in [-0.25, -0.2) is 4.68 Å². The standard InChI is InChI=1S/C32H34BrN5O3S/c1-7-42-32-36-31-34-21(5)27(30(39)35-25-13-9-11-19(3)20(25)4)28(38(31)37-32)23-15-24(33)29(26(16-23)40-6)41-17-22-12-8-10-18(2)14-22/h8-16,28H,7,17H2,1-6H3,(H,35,39)(H,34,36,37). The molecule has 1 aromatic heterocycles. The summed E-state index contributed by atoms with van der Waals surface area (Å²) in [7, 11) is 1.61. The first-order valence-electron chi connectivity index (χ1n) is 13.7. The van der Waals surface area contributed by atoms with Gasteiger partial charge in [-0.3, -0.25) is 4.79 Å². The number of aromatic nitrogens is 3. The van der Waals surface area contributed by atoms with Crippen molar-refractivity contribution in [3.63, 3.8) is 0 Å². The SMILES string of the molecule is CCSc1nc2n(n1)C(c1cc(Br)c(OCc3cccc(C)c3)c(OC)c1)C(C(=O)Nc1cccc(C)c1C)=C(C)N2. The van der Waals surface area contributed by atoms with Crippen LogP contribution < -0.4 is 20.1 Å². The fraction of sp³-hybridized carbons (Fsp3) is 0.281. The average Bonchev–Trinajstić information content (AvgIpc) is 3.35. The Morgan fingerprint density at radius 1 is 1.12 bits per heavy atom. The number of benzene rings is 3.